The molecule has 1 aliphatic carbocycles. The van der Waals surface area contributed by atoms with E-state index in [4.69, 9.17) is 0 Å². The molecule has 1 aliphatic heterocycles. The molecule has 31 heavy (non-hydrogen) atoms. The van der Waals surface area contributed by atoms with Crippen molar-refractivity contribution in [3.05, 3.63) is 59.1 Å². The molecular weight excluding hydrogens is 480 g/mol. The van der Waals surface area contributed by atoms with Crippen LogP contribution in [0.5, 0.6) is 0 Å². The summed E-state index contributed by atoms with van der Waals surface area (Å²) in [4.78, 5) is 27.5. The van der Waals surface area contributed by atoms with E-state index in [1.165, 1.54) is 4.31 Å². The second-order valence-electron chi connectivity index (χ2n) is 8.06. The number of hydrogen-bond acceptors (Lipinski definition) is 4. The molecule has 1 unspecified atom stereocenters. The van der Waals surface area contributed by atoms with Crippen LogP contribution in [0.3, 0.4) is 0 Å². The summed E-state index contributed by atoms with van der Waals surface area (Å²) in [6.45, 7) is 0. The van der Waals surface area contributed by atoms with Gasteiger partial charge >= 0.3 is 0 Å². The topological polar surface area (TPSA) is 74.8 Å². The van der Waals surface area contributed by atoms with Crippen LogP contribution in [0.1, 0.15) is 44.9 Å². The van der Waals surface area contributed by atoms with Gasteiger partial charge in [-0.2, -0.15) is 4.31 Å². The summed E-state index contributed by atoms with van der Waals surface area (Å²) in [6, 6.07) is 13.8. The number of amides is 2. The van der Waals surface area contributed by atoms with Gasteiger partial charge in [0.05, 0.1) is 17.0 Å². The number of imide groups is 1. The van der Waals surface area contributed by atoms with Gasteiger partial charge in [0.1, 0.15) is 6.04 Å². The number of para-hydroxylation sites is 1. The van der Waals surface area contributed by atoms with Gasteiger partial charge in [-0.15, -0.1) is 0 Å². The van der Waals surface area contributed by atoms with Gasteiger partial charge in [-0.25, -0.2) is 13.3 Å². The molecule has 2 aromatic carbocycles. The van der Waals surface area contributed by atoms with E-state index in [1.54, 1.807) is 48.5 Å². The zero-order chi connectivity index (χ0) is 22.0. The molecule has 8 heteroatoms. The molecule has 0 bridgehead atoms. The third kappa shape index (κ3) is 4.47. The summed E-state index contributed by atoms with van der Waals surface area (Å²) in [5.74, 6) is -0.841. The van der Waals surface area contributed by atoms with E-state index in [-0.39, 0.29) is 23.3 Å². The molecule has 1 atom stereocenters. The van der Waals surface area contributed by atoms with Crippen molar-refractivity contribution in [1.29, 1.82) is 0 Å². The number of benzene rings is 2. The lowest BCUT2D eigenvalue weighted by Crippen LogP contribution is -2.50. The molecule has 1 saturated carbocycles. The lowest BCUT2D eigenvalue weighted by Gasteiger charge is -2.33. The molecule has 2 fully saturated rings. The SMILES string of the molecule is O=C1CC(N(C2CCCCCC2)S(=O)(=O)c2ccc(Br)cc2)C(=O)N1c1ccccc1. The number of carbonyl (C=O) groups excluding carboxylic acids is 2. The number of halogens is 1. The van der Waals surface area contributed by atoms with Crippen LogP contribution in [-0.4, -0.2) is 36.6 Å². The normalized spacial score (nSPS) is 21.0. The predicted molar refractivity (Wildman–Crippen MR) is 122 cm³/mol. The van der Waals surface area contributed by atoms with Crippen molar-refractivity contribution in [3.8, 4) is 0 Å². The van der Waals surface area contributed by atoms with E-state index in [0.29, 0.717) is 18.5 Å². The first-order valence-electron chi connectivity index (χ1n) is 10.6. The highest BCUT2D eigenvalue weighted by molar-refractivity contribution is 9.10. The zero-order valence-electron chi connectivity index (χ0n) is 17.1. The van der Waals surface area contributed by atoms with Gasteiger partial charge in [0.15, 0.2) is 0 Å². The molecule has 164 valence electrons. The first-order chi connectivity index (χ1) is 14.9. The monoisotopic (exact) mass is 504 g/mol. The molecule has 0 spiro atoms. The van der Waals surface area contributed by atoms with Crippen LogP contribution < -0.4 is 4.90 Å². The summed E-state index contributed by atoms with van der Waals surface area (Å²) >= 11 is 3.34. The number of anilines is 1. The second kappa shape index (κ2) is 9.22. The van der Waals surface area contributed by atoms with Gasteiger partial charge < -0.3 is 0 Å². The number of carbonyl (C=O) groups is 2. The minimum absolute atomic E-state index is 0.137. The van der Waals surface area contributed by atoms with Gasteiger partial charge in [-0.3, -0.25) is 9.59 Å². The van der Waals surface area contributed by atoms with Gasteiger partial charge in [-0.1, -0.05) is 59.8 Å². The maximum Gasteiger partial charge on any atom is 0.252 e. The fourth-order valence-electron chi connectivity index (χ4n) is 4.52. The van der Waals surface area contributed by atoms with E-state index < -0.39 is 22.0 Å². The molecule has 1 saturated heterocycles. The summed E-state index contributed by atoms with van der Waals surface area (Å²) in [5.41, 5.74) is 0.474. The first-order valence-corrected chi connectivity index (χ1v) is 12.8. The first kappa shape index (κ1) is 22.2. The Hall–Kier alpha value is -2.03. The summed E-state index contributed by atoms with van der Waals surface area (Å²) in [7, 11) is -3.97. The lowest BCUT2D eigenvalue weighted by atomic mass is 10.1. The summed E-state index contributed by atoms with van der Waals surface area (Å²) < 4.78 is 29.7. The van der Waals surface area contributed by atoms with Crippen molar-refractivity contribution in [2.45, 2.75) is 61.9 Å². The van der Waals surface area contributed by atoms with Crippen molar-refractivity contribution < 1.29 is 18.0 Å². The van der Waals surface area contributed by atoms with Gasteiger partial charge in [0, 0.05) is 10.5 Å². The number of nitrogens with zero attached hydrogens (tertiary/aromatic N) is 2. The quantitative estimate of drug-likeness (QED) is 0.443. The van der Waals surface area contributed by atoms with Gasteiger partial charge in [0.25, 0.3) is 5.91 Å². The second-order valence-corrected chi connectivity index (χ2v) is 10.8. The minimum Gasteiger partial charge on any atom is -0.274 e. The van der Waals surface area contributed by atoms with Gasteiger partial charge in [-0.05, 0) is 49.2 Å². The Morgan fingerprint density at radius 2 is 1.48 bits per heavy atom. The third-order valence-electron chi connectivity index (χ3n) is 6.02. The van der Waals surface area contributed by atoms with E-state index in [9.17, 15) is 18.0 Å². The molecule has 2 aromatic rings. The van der Waals surface area contributed by atoms with Gasteiger partial charge in [0.2, 0.25) is 15.9 Å². The third-order valence-corrected chi connectivity index (χ3v) is 8.52. The molecule has 1 heterocycles. The standard InChI is InChI=1S/C23H25BrN2O4S/c24-17-12-14-20(15-13-17)31(29,30)26(19-10-4-1-2-5-11-19)21-16-22(27)25(23(21)28)18-8-6-3-7-9-18/h3,6-9,12-15,19,21H,1-2,4-5,10-11,16H2. The van der Waals surface area contributed by atoms with Crippen LogP contribution in [0.2, 0.25) is 0 Å². The molecule has 2 amide bonds. The van der Waals surface area contributed by atoms with Crippen LogP contribution in [0.4, 0.5) is 5.69 Å². The Bertz CT molecular complexity index is 1050. The highest BCUT2D eigenvalue weighted by atomic mass is 79.9. The molecular formula is C23H25BrN2O4S. The average molecular weight is 505 g/mol. The smallest absolute Gasteiger partial charge is 0.252 e. The largest absolute Gasteiger partial charge is 0.274 e. The van der Waals surface area contributed by atoms with Crippen molar-refractivity contribution >= 4 is 43.5 Å². The Balaban J connectivity index is 1.75. The minimum atomic E-state index is -3.97. The number of hydrogen-bond donors (Lipinski definition) is 0. The fraction of sp³-hybridized carbons (Fsp3) is 0.391. The fourth-order valence-corrected chi connectivity index (χ4v) is 6.61. The van der Waals surface area contributed by atoms with Crippen LogP contribution in [0, 0.1) is 0 Å². The Labute approximate surface area is 191 Å². The Kier molecular flexibility index (Phi) is 6.60. The maximum atomic E-state index is 13.8. The van der Waals surface area contributed by atoms with Crippen molar-refractivity contribution in [3.63, 3.8) is 0 Å². The maximum absolute atomic E-state index is 13.8. The van der Waals surface area contributed by atoms with Crippen LogP contribution >= 0.6 is 15.9 Å². The van der Waals surface area contributed by atoms with E-state index in [0.717, 1.165) is 35.1 Å². The highest BCUT2D eigenvalue weighted by Gasteiger charge is 2.49. The molecule has 0 radical (unpaired) electrons. The van der Waals surface area contributed by atoms with Crippen LogP contribution in [-0.2, 0) is 19.6 Å². The molecule has 6 nitrogen and oxygen atoms in total. The Morgan fingerprint density at radius 3 is 2.10 bits per heavy atom. The van der Waals surface area contributed by atoms with Crippen LogP contribution in [0.15, 0.2) is 64.0 Å². The molecule has 2 aliphatic rings. The van der Waals surface area contributed by atoms with Crippen molar-refractivity contribution in [1.82, 2.24) is 4.31 Å². The number of sulfonamides is 1. The average Bonchev–Trinajstić information content (AvgIpc) is 2.91. The van der Waals surface area contributed by atoms with E-state index in [1.807, 2.05) is 6.07 Å². The summed E-state index contributed by atoms with van der Waals surface area (Å²) in [6.07, 6.45) is 5.17. The highest BCUT2D eigenvalue weighted by Crippen LogP contribution is 2.34. The molecule has 4 rings (SSSR count). The molecule has 0 N–H and O–H groups in total. The van der Waals surface area contributed by atoms with E-state index >= 15 is 0 Å². The summed E-state index contributed by atoms with van der Waals surface area (Å²) in [5, 5.41) is 0. The Morgan fingerprint density at radius 1 is 0.871 bits per heavy atom. The van der Waals surface area contributed by atoms with Crippen LogP contribution in [0.25, 0.3) is 0 Å². The van der Waals surface area contributed by atoms with E-state index in [2.05, 4.69) is 15.9 Å². The number of rotatable bonds is 5. The molecule has 0 aromatic heterocycles. The van der Waals surface area contributed by atoms with Crippen molar-refractivity contribution in [2.24, 2.45) is 0 Å². The van der Waals surface area contributed by atoms with Crippen molar-refractivity contribution in [2.75, 3.05) is 4.90 Å². The zero-order valence-corrected chi connectivity index (χ0v) is 19.5. The predicted octanol–water partition coefficient (Wildman–Crippen LogP) is 4.49. The lowest BCUT2D eigenvalue weighted by molar-refractivity contribution is -0.122.